The van der Waals surface area contributed by atoms with Gasteiger partial charge >= 0.3 is 6.18 Å². The second-order valence-corrected chi connectivity index (χ2v) is 7.16. The number of nitrogens with one attached hydrogen (secondary N) is 2. The lowest BCUT2D eigenvalue weighted by molar-refractivity contribution is -0.142. The van der Waals surface area contributed by atoms with E-state index in [1.807, 2.05) is 6.92 Å². The summed E-state index contributed by atoms with van der Waals surface area (Å²) in [4.78, 5) is 10.7. The molecule has 0 spiro atoms. The number of aryl methyl sites for hydroxylation is 1. The maximum absolute atomic E-state index is 13.1. The number of guanidine groups is 1. The molecule has 1 aliphatic rings. The molecule has 0 saturated carbocycles. The number of rotatable bonds is 5. The van der Waals surface area contributed by atoms with E-state index in [-0.39, 0.29) is 18.2 Å². The Kier molecular flexibility index (Phi) is 6.51. The molecule has 0 aliphatic carbocycles. The largest absolute Gasteiger partial charge is 0.435 e. The van der Waals surface area contributed by atoms with E-state index in [0.717, 1.165) is 23.5 Å². The Morgan fingerprint density at radius 1 is 1.41 bits per heavy atom. The van der Waals surface area contributed by atoms with Gasteiger partial charge in [0, 0.05) is 50.7 Å². The Labute approximate surface area is 172 Å². The standard InChI is InChI=1S/C18H23ClF3N7/c1-3-23-17(25-9-12-10-28(2)27-15(12)18(20,21)22)26-13-6-8-29(11-13)16-14(19)5-4-7-24-16/h4-5,7,10,13H,3,6,8-9,11H2,1-2H3,(H2,23,25,26). The summed E-state index contributed by atoms with van der Waals surface area (Å²) in [5.74, 6) is 1.19. The van der Waals surface area contributed by atoms with Gasteiger partial charge in [-0.1, -0.05) is 11.6 Å². The van der Waals surface area contributed by atoms with Crippen molar-refractivity contribution in [3.05, 3.63) is 40.8 Å². The minimum absolute atomic E-state index is 0.0329. The summed E-state index contributed by atoms with van der Waals surface area (Å²) in [6.07, 6.45) is -0.639. The fourth-order valence-corrected chi connectivity index (χ4v) is 3.49. The SMILES string of the molecule is CCNC(=NCc1cn(C)nc1C(F)(F)F)NC1CCN(c2ncccc2Cl)C1. The number of halogens is 4. The van der Waals surface area contributed by atoms with Crippen LogP contribution in [0.1, 0.15) is 24.6 Å². The predicted molar refractivity (Wildman–Crippen MR) is 106 cm³/mol. The van der Waals surface area contributed by atoms with E-state index in [2.05, 4.69) is 30.6 Å². The Morgan fingerprint density at radius 3 is 2.90 bits per heavy atom. The number of nitrogens with zero attached hydrogens (tertiary/aromatic N) is 5. The Balaban J connectivity index is 1.67. The molecule has 0 radical (unpaired) electrons. The molecule has 0 aromatic carbocycles. The molecule has 2 N–H and O–H groups in total. The van der Waals surface area contributed by atoms with Gasteiger partial charge in [0.05, 0.1) is 11.6 Å². The van der Waals surface area contributed by atoms with Crippen LogP contribution in [0.2, 0.25) is 5.02 Å². The summed E-state index contributed by atoms with van der Waals surface area (Å²) in [7, 11) is 1.46. The van der Waals surface area contributed by atoms with E-state index in [0.29, 0.717) is 24.1 Å². The van der Waals surface area contributed by atoms with Crippen LogP contribution in [-0.4, -0.2) is 46.4 Å². The first-order chi connectivity index (χ1) is 13.8. The van der Waals surface area contributed by atoms with Crippen molar-refractivity contribution >= 4 is 23.4 Å². The van der Waals surface area contributed by atoms with Crippen LogP contribution in [0.25, 0.3) is 0 Å². The van der Waals surface area contributed by atoms with Crippen LogP contribution in [0.15, 0.2) is 29.5 Å². The maximum atomic E-state index is 13.1. The molecular formula is C18H23ClF3N7. The van der Waals surface area contributed by atoms with E-state index in [1.54, 1.807) is 18.3 Å². The highest BCUT2D eigenvalue weighted by Crippen LogP contribution is 2.31. The summed E-state index contributed by atoms with van der Waals surface area (Å²) >= 11 is 6.22. The lowest BCUT2D eigenvalue weighted by Crippen LogP contribution is -2.44. The highest BCUT2D eigenvalue weighted by molar-refractivity contribution is 6.32. The van der Waals surface area contributed by atoms with E-state index < -0.39 is 11.9 Å². The van der Waals surface area contributed by atoms with E-state index in [1.165, 1.54) is 13.2 Å². The number of anilines is 1. The van der Waals surface area contributed by atoms with Crippen LogP contribution in [-0.2, 0) is 19.8 Å². The Morgan fingerprint density at radius 2 is 2.21 bits per heavy atom. The quantitative estimate of drug-likeness (QED) is 0.565. The molecule has 29 heavy (non-hydrogen) atoms. The van der Waals surface area contributed by atoms with Crippen molar-refractivity contribution in [3.63, 3.8) is 0 Å². The number of alkyl halides is 3. The average molecular weight is 430 g/mol. The van der Waals surface area contributed by atoms with Crippen molar-refractivity contribution in [2.45, 2.75) is 32.1 Å². The number of pyridine rings is 1. The van der Waals surface area contributed by atoms with E-state index in [9.17, 15) is 13.2 Å². The van der Waals surface area contributed by atoms with Gasteiger partial charge in [-0.25, -0.2) is 9.98 Å². The highest BCUT2D eigenvalue weighted by atomic mass is 35.5. The molecule has 7 nitrogen and oxygen atoms in total. The predicted octanol–water partition coefficient (Wildman–Crippen LogP) is 2.82. The van der Waals surface area contributed by atoms with Gasteiger partial charge in [-0.2, -0.15) is 18.3 Å². The van der Waals surface area contributed by atoms with Crippen LogP contribution < -0.4 is 15.5 Å². The molecule has 1 atom stereocenters. The lowest BCUT2D eigenvalue weighted by atomic mass is 10.2. The third-order valence-electron chi connectivity index (χ3n) is 4.49. The summed E-state index contributed by atoms with van der Waals surface area (Å²) in [6.45, 7) is 3.81. The number of hydrogen-bond donors (Lipinski definition) is 2. The molecule has 2 aromatic rings. The van der Waals surface area contributed by atoms with Gasteiger partial charge in [-0.05, 0) is 25.5 Å². The van der Waals surface area contributed by atoms with Crippen molar-refractivity contribution in [2.75, 3.05) is 24.5 Å². The summed E-state index contributed by atoms with van der Waals surface area (Å²) < 4.78 is 40.5. The topological polar surface area (TPSA) is 70.4 Å². The first kappa shape index (κ1) is 21.2. The van der Waals surface area contributed by atoms with Gasteiger partial charge in [-0.3, -0.25) is 4.68 Å². The van der Waals surface area contributed by atoms with Crippen molar-refractivity contribution in [1.82, 2.24) is 25.4 Å². The second-order valence-electron chi connectivity index (χ2n) is 6.75. The summed E-state index contributed by atoms with van der Waals surface area (Å²) in [5, 5.41) is 10.5. The molecular weight excluding hydrogens is 407 g/mol. The first-order valence-corrected chi connectivity index (χ1v) is 9.65. The Bertz CT molecular complexity index is 865. The van der Waals surface area contributed by atoms with Crippen molar-refractivity contribution in [3.8, 4) is 0 Å². The summed E-state index contributed by atoms with van der Waals surface area (Å²) in [6, 6.07) is 3.64. The number of hydrogen-bond acceptors (Lipinski definition) is 4. The second kappa shape index (κ2) is 8.89. The van der Waals surface area contributed by atoms with Gasteiger partial charge in [0.25, 0.3) is 0 Å². The normalized spacial score (nSPS) is 17.7. The Hall–Kier alpha value is -2.49. The molecule has 158 valence electrons. The van der Waals surface area contributed by atoms with Gasteiger partial charge in [-0.15, -0.1) is 0 Å². The van der Waals surface area contributed by atoms with Crippen LogP contribution in [0.4, 0.5) is 19.0 Å². The molecule has 1 fully saturated rings. The molecule has 2 aromatic heterocycles. The number of aromatic nitrogens is 3. The highest BCUT2D eigenvalue weighted by Gasteiger charge is 2.36. The van der Waals surface area contributed by atoms with Crippen molar-refractivity contribution in [2.24, 2.45) is 12.0 Å². The summed E-state index contributed by atoms with van der Waals surface area (Å²) in [5.41, 5.74) is -0.873. The van der Waals surface area contributed by atoms with Crippen molar-refractivity contribution in [1.29, 1.82) is 0 Å². The fourth-order valence-electron chi connectivity index (χ4n) is 3.25. The molecule has 1 aliphatic heterocycles. The maximum Gasteiger partial charge on any atom is 0.435 e. The van der Waals surface area contributed by atoms with Crippen LogP contribution in [0, 0.1) is 0 Å². The molecule has 3 heterocycles. The molecule has 3 rings (SSSR count). The van der Waals surface area contributed by atoms with Crippen LogP contribution in [0.3, 0.4) is 0 Å². The number of aliphatic imine (C=N–C) groups is 1. The van der Waals surface area contributed by atoms with Gasteiger partial charge in [0.1, 0.15) is 5.82 Å². The zero-order valence-electron chi connectivity index (χ0n) is 16.2. The fraction of sp³-hybridized carbons (Fsp3) is 0.500. The third kappa shape index (κ3) is 5.31. The molecule has 0 bridgehead atoms. The molecule has 11 heteroatoms. The lowest BCUT2D eigenvalue weighted by Gasteiger charge is -2.20. The van der Waals surface area contributed by atoms with Gasteiger partial charge in [0.15, 0.2) is 11.7 Å². The zero-order chi connectivity index (χ0) is 21.0. The minimum atomic E-state index is -4.51. The minimum Gasteiger partial charge on any atom is -0.357 e. The third-order valence-corrected chi connectivity index (χ3v) is 4.79. The van der Waals surface area contributed by atoms with Crippen molar-refractivity contribution < 1.29 is 13.2 Å². The monoisotopic (exact) mass is 429 g/mol. The zero-order valence-corrected chi connectivity index (χ0v) is 16.9. The smallest absolute Gasteiger partial charge is 0.357 e. The van der Waals surface area contributed by atoms with Gasteiger partial charge in [0.2, 0.25) is 0 Å². The first-order valence-electron chi connectivity index (χ1n) is 9.28. The van der Waals surface area contributed by atoms with E-state index >= 15 is 0 Å². The van der Waals surface area contributed by atoms with Crippen LogP contribution >= 0.6 is 11.6 Å². The van der Waals surface area contributed by atoms with E-state index in [4.69, 9.17) is 11.6 Å². The molecule has 0 amide bonds. The molecule has 1 saturated heterocycles. The molecule has 1 unspecified atom stereocenters. The van der Waals surface area contributed by atoms with Gasteiger partial charge < -0.3 is 15.5 Å². The average Bonchev–Trinajstić information content (AvgIpc) is 3.26. The van der Waals surface area contributed by atoms with Crippen LogP contribution in [0.5, 0.6) is 0 Å².